The highest BCUT2D eigenvalue weighted by Crippen LogP contribution is 2.37. The molecule has 0 N–H and O–H groups in total. The van der Waals surface area contributed by atoms with E-state index < -0.39 is 0 Å². The van der Waals surface area contributed by atoms with E-state index in [0.29, 0.717) is 24.5 Å². The lowest BCUT2D eigenvalue weighted by Crippen LogP contribution is -2.56. The number of carbonyl (C=O) groups excluding carboxylic acids is 1. The highest BCUT2D eigenvalue weighted by atomic mass is 16.6. The van der Waals surface area contributed by atoms with Gasteiger partial charge in [-0.1, -0.05) is 43.0 Å². The van der Waals surface area contributed by atoms with E-state index in [1.54, 1.807) is 6.08 Å². The summed E-state index contributed by atoms with van der Waals surface area (Å²) in [5.74, 6) is 0.658. The first-order valence-electron chi connectivity index (χ1n) is 10.1. The molecule has 2 atom stereocenters. The molecule has 2 saturated heterocycles. The summed E-state index contributed by atoms with van der Waals surface area (Å²) in [5, 5.41) is 0. The maximum Gasteiger partial charge on any atom is 0.410 e. The minimum absolute atomic E-state index is 0.225. The van der Waals surface area contributed by atoms with Crippen LogP contribution in [0.5, 0.6) is 0 Å². The van der Waals surface area contributed by atoms with Crippen LogP contribution in [0.25, 0.3) is 0 Å². The Morgan fingerprint density at radius 2 is 1.93 bits per heavy atom. The molecular formula is C22H33N3O2. The summed E-state index contributed by atoms with van der Waals surface area (Å²) < 4.78 is 5.23. The van der Waals surface area contributed by atoms with Crippen LogP contribution in [0.15, 0.2) is 43.0 Å². The lowest BCUT2D eigenvalue weighted by Gasteiger charge is -2.47. The van der Waals surface area contributed by atoms with Crippen LogP contribution in [0, 0.1) is 5.92 Å². The molecule has 0 saturated carbocycles. The minimum atomic E-state index is -0.225. The van der Waals surface area contributed by atoms with Crippen LogP contribution in [0.4, 0.5) is 4.79 Å². The molecule has 1 aromatic carbocycles. The molecule has 0 spiro atoms. The van der Waals surface area contributed by atoms with E-state index in [0.717, 1.165) is 26.2 Å². The van der Waals surface area contributed by atoms with Gasteiger partial charge in [-0.2, -0.15) is 0 Å². The first kappa shape index (κ1) is 19.9. The minimum Gasteiger partial charge on any atom is -0.445 e. The van der Waals surface area contributed by atoms with Gasteiger partial charge in [0, 0.05) is 31.7 Å². The smallest absolute Gasteiger partial charge is 0.410 e. The summed E-state index contributed by atoms with van der Waals surface area (Å²) in [6.45, 7) is 10.8. The van der Waals surface area contributed by atoms with Gasteiger partial charge in [-0.3, -0.25) is 4.90 Å². The van der Waals surface area contributed by atoms with Crippen molar-refractivity contribution >= 4 is 6.09 Å². The molecule has 2 heterocycles. The third-order valence-electron chi connectivity index (χ3n) is 5.97. The third-order valence-corrected chi connectivity index (χ3v) is 5.97. The van der Waals surface area contributed by atoms with Crippen molar-refractivity contribution in [1.82, 2.24) is 14.7 Å². The van der Waals surface area contributed by atoms with E-state index >= 15 is 0 Å². The van der Waals surface area contributed by atoms with Crippen molar-refractivity contribution in [2.75, 3.05) is 46.4 Å². The van der Waals surface area contributed by atoms with E-state index in [4.69, 9.17) is 4.74 Å². The average molecular weight is 372 g/mol. The number of nitrogens with zero attached hydrogens (tertiary/aromatic N) is 3. The maximum atomic E-state index is 12.2. The Morgan fingerprint density at radius 1 is 1.22 bits per heavy atom. The number of piperazine rings is 1. The lowest BCUT2D eigenvalue weighted by molar-refractivity contribution is 0.00998. The monoisotopic (exact) mass is 371 g/mol. The van der Waals surface area contributed by atoms with Gasteiger partial charge < -0.3 is 14.5 Å². The van der Waals surface area contributed by atoms with Gasteiger partial charge in [0.1, 0.15) is 6.61 Å². The molecule has 27 heavy (non-hydrogen) atoms. The second kappa shape index (κ2) is 9.38. The molecule has 1 aromatic rings. The molecule has 5 heteroatoms. The number of rotatable bonds is 5. The second-order valence-corrected chi connectivity index (χ2v) is 7.89. The summed E-state index contributed by atoms with van der Waals surface area (Å²) in [5.41, 5.74) is 1.40. The highest BCUT2D eigenvalue weighted by molar-refractivity contribution is 5.67. The molecule has 0 radical (unpaired) electrons. The van der Waals surface area contributed by atoms with Crippen LogP contribution in [0.2, 0.25) is 0 Å². The van der Waals surface area contributed by atoms with Crippen molar-refractivity contribution in [2.24, 2.45) is 5.92 Å². The quantitative estimate of drug-likeness (QED) is 0.744. The fourth-order valence-electron chi connectivity index (χ4n) is 4.50. The summed E-state index contributed by atoms with van der Waals surface area (Å²) in [6.07, 6.45) is 3.84. The second-order valence-electron chi connectivity index (χ2n) is 7.89. The number of benzene rings is 1. The van der Waals surface area contributed by atoms with Gasteiger partial charge in [0.05, 0.1) is 0 Å². The first-order valence-corrected chi connectivity index (χ1v) is 10.1. The fourth-order valence-corrected chi connectivity index (χ4v) is 4.50. The van der Waals surface area contributed by atoms with E-state index in [9.17, 15) is 4.79 Å². The predicted molar refractivity (Wildman–Crippen MR) is 109 cm³/mol. The van der Waals surface area contributed by atoms with Gasteiger partial charge in [-0.05, 0) is 51.4 Å². The summed E-state index contributed by atoms with van der Waals surface area (Å²) in [6, 6.07) is 11.6. The molecule has 0 aromatic heterocycles. The Labute approximate surface area is 163 Å². The number of piperidine rings is 1. The molecule has 0 bridgehead atoms. The van der Waals surface area contributed by atoms with E-state index in [1.165, 1.54) is 18.4 Å². The Bertz CT molecular complexity index is 613. The van der Waals surface area contributed by atoms with Crippen LogP contribution in [0.1, 0.15) is 31.4 Å². The number of carbonyl (C=O) groups is 1. The van der Waals surface area contributed by atoms with Crippen molar-refractivity contribution in [3.63, 3.8) is 0 Å². The molecule has 2 fully saturated rings. The van der Waals surface area contributed by atoms with Crippen molar-refractivity contribution in [3.8, 4) is 0 Å². The molecule has 1 amide bonds. The van der Waals surface area contributed by atoms with Crippen molar-refractivity contribution in [3.05, 3.63) is 48.6 Å². The molecule has 2 aliphatic rings. The topological polar surface area (TPSA) is 36.0 Å². The third kappa shape index (κ3) is 4.90. The van der Waals surface area contributed by atoms with Gasteiger partial charge in [0.25, 0.3) is 0 Å². The van der Waals surface area contributed by atoms with E-state index in [1.807, 2.05) is 4.90 Å². The molecule has 2 aliphatic heterocycles. The predicted octanol–water partition coefficient (Wildman–Crippen LogP) is 3.40. The Kier molecular flexibility index (Phi) is 6.91. The standard InChI is InChI=1S/C22H33N3O2/c1-4-16-27-22(26)24-14-15-25(18(2)17-24)21(19-8-6-5-7-9-19)20-10-12-23(3)13-11-20/h4-9,18,20-21H,1,10-17H2,2-3H3/t18-,21?/m0/s1. The normalized spacial score (nSPS) is 23.8. The molecule has 1 unspecified atom stereocenters. The summed E-state index contributed by atoms with van der Waals surface area (Å²) in [4.78, 5) is 19.1. The Balaban J connectivity index is 1.73. The van der Waals surface area contributed by atoms with Crippen LogP contribution in [0.3, 0.4) is 0 Å². The first-order chi connectivity index (χ1) is 13.1. The Hall–Kier alpha value is -1.85. The van der Waals surface area contributed by atoms with Crippen LogP contribution in [-0.2, 0) is 4.74 Å². The molecule has 3 rings (SSSR count). The summed E-state index contributed by atoms with van der Waals surface area (Å²) >= 11 is 0. The van der Waals surface area contributed by atoms with Gasteiger partial charge in [-0.25, -0.2) is 4.79 Å². The Morgan fingerprint density at radius 3 is 2.56 bits per heavy atom. The average Bonchev–Trinajstić information content (AvgIpc) is 2.69. The largest absolute Gasteiger partial charge is 0.445 e. The number of likely N-dealkylation sites (tertiary alicyclic amines) is 1. The number of ether oxygens (including phenoxy) is 1. The zero-order chi connectivity index (χ0) is 19.2. The van der Waals surface area contributed by atoms with E-state index in [-0.39, 0.29) is 12.7 Å². The van der Waals surface area contributed by atoms with Crippen LogP contribution >= 0.6 is 0 Å². The number of amides is 1. The SMILES string of the molecule is C=CCOC(=O)N1CCN(C(c2ccccc2)C2CCN(C)CC2)[C@@H](C)C1. The molecular weight excluding hydrogens is 338 g/mol. The lowest BCUT2D eigenvalue weighted by atomic mass is 9.83. The van der Waals surface area contributed by atoms with Crippen LogP contribution < -0.4 is 0 Å². The van der Waals surface area contributed by atoms with Gasteiger partial charge in [-0.15, -0.1) is 0 Å². The number of hydrogen-bond acceptors (Lipinski definition) is 4. The highest BCUT2D eigenvalue weighted by Gasteiger charge is 2.37. The van der Waals surface area contributed by atoms with Crippen molar-refractivity contribution < 1.29 is 9.53 Å². The zero-order valence-corrected chi connectivity index (χ0v) is 16.7. The van der Waals surface area contributed by atoms with Gasteiger partial charge >= 0.3 is 6.09 Å². The fraction of sp³-hybridized carbons (Fsp3) is 0.591. The van der Waals surface area contributed by atoms with Gasteiger partial charge in [0.2, 0.25) is 0 Å². The molecule has 0 aliphatic carbocycles. The van der Waals surface area contributed by atoms with E-state index in [2.05, 4.69) is 60.7 Å². The van der Waals surface area contributed by atoms with Crippen molar-refractivity contribution in [2.45, 2.75) is 31.8 Å². The molecule has 148 valence electrons. The number of hydrogen-bond donors (Lipinski definition) is 0. The van der Waals surface area contributed by atoms with Gasteiger partial charge in [0.15, 0.2) is 0 Å². The molecule has 5 nitrogen and oxygen atoms in total. The van der Waals surface area contributed by atoms with Crippen LogP contribution in [-0.4, -0.2) is 73.2 Å². The van der Waals surface area contributed by atoms with Crippen molar-refractivity contribution in [1.29, 1.82) is 0 Å². The summed E-state index contributed by atoms with van der Waals surface area (Å²) in [7, 11) is 2.21. The zero-order valence-electron chi connectivity index (χ0n) is 16.7. The maximum absolute atomic E-state index is 12.2.